The van der Waals surface area contributed by atoms with E-state index in [9.17, 15) is 9.59 Å². The number of hydrogen-bond donors (Lipinski definition) is 2. The zero-order valence-electron chi connectivity index (χ0n) is 11.4. The van der Waals surface area contributed by atoms with E-state index in [1.807, 2.05) is 0 Å². The standard InChI is InChI=1S/C14H17NO5/c1-4-6-10(14(17)18)15-13(16)9-7-5-8-11(19-2)12(9)20-3/h4-5,7-8,10H,1,6H2,2-3H3,(H,15,16)(H,17,18). The van der Waals surface area contributed by atoms with Crippen molar-refractivity contribution in [2.24, 2.45) is 0 Å². The molecular formula is C14H17NO5. The van der Waals surface area contributed by atoms with Gasteiger partial charge in [0.25, 0.3) is 5.91 Å². The average Bonchev–Trinajstić information content (AvgIpc) is 2.45. The lowest BCUT2D eigenvalue weighted by atomic mass is 10.1. The second-order valence-corrected chi connectivity index (χ2v) is 3.93. The molecule has 1 amide bonds. The minimum Gasteiger partial charge on any atom is -0.493 e. The highest BCUT2D eigenvalue weighted by molar-refractivity contribution is 5.99. The number of carbonyl (C=O) groups excluding carboxylic acids is 1. The summed E-state index contributed by atoms with van der Waals surface area (Å²) in [5.41, 5.74) is 0.210. The van der Waals surface area contributed by atoms with E-state index >= 15 is 0 Å². The van der Waals surface area contributed by atoms with Gasteiger partial charge in [-0.1, -0.05) is 12.1 Å². The number of carboxylic acid groups (broad SMARTS) is 1. The third-order valence-corrected chi connectivity index (χ3v) is 2.65. The van der Waals surface area contributed by atoms with Crippen LogP contribution in [0.2, 0.25) is 0 Å². The van der Waals surface area contributed by atoms with Crippen LogP contribution in [0.3, 0.4) is 0 Å². The number of methoxy groups -OCH3 is 2. The average molecular weight is 279 g/mol. The van der Waals surface area contributed by atoms with Gasteiger partial charge in [-0.2, -0.15) is 0 Å². The van der Waals surface area contributed by atoms with Crippen molar-refractivity contribution >= 4 is 11.9 Å². The molecule has 0 fully saturated rings. The molecule has 0 radical (unpaired) electrons. The third kappa shape index (κ3) is 3.50. The lowest BCUT2D eigenvalue weighted by molar-refractivity contribution is -0.139. The lowest BCUT2D eigenvalue weighted by Crippen LogP contribution is -2.40. The number of rotatable bonds is 7. The minimum atomic E-state index is -1.12. The van der Waals surface area contributed by atoms with Gasteiger partial charge in [0.05, 0.1) is 19.8 Å². The number of carboxylic acids is 1. The van der Waals surface area contributed by atoms with Crippen molar-refractivity contribution in [3.8, 4) is 11.5 Å². The molecule has 0 heterocycles. The number of carbonyl (C=O) groups is 2. The summed E-state index contributed by atoms with van der Waals surface area (Å²) >= 11 is 0. The maximum Gasteiger partial charge on any atom is 0.326 e. The summed E-state index contributed by atoms with van der Waals surface area (Å²) in [6, 6.07) is 3.77. The van der Waals surface area contributed by atoms with E-state index in [1.165, 1.54) is 26.4 Å². The number of hydrogen-bond acceptors (Lipinski definition) is 4. The minimum absolute atomic E-state index is 0.132. The molecule has 0 aliphatic carbocycles. The molecule has 0 aliphatic heterocycles. The van der Waals surface area contributed by atoms with Crippen LogP contribution in [0.4, 0.5) is 0 Å². The molecular weight excluding hydrogens is 262 g/mol. The highest BCUT2D eigenvalue weighted by Crippen LogP contribution is 2.30. The van der Waals surface area contributed by atoms with Gasteiger partial charge in [-0.3, -0.25) is 4.79 Å². The van der Waals surface area contributed by atoms with Crippen molar-refractivity contribution in [1.82, 2.24) is 5.32 Å². The van der Waals surface area contributed by atoms with Crippen LogP contribution in [0.1, 0.15) is 16.8 Å². The van der Waals surface area contributed by atoms with Crippen LogP contribution in [-0.2, 0) is 4.79 Å². The SMILES string of the molecule is C=CCC(NC(=O)c1cccc(OC)c1OC)C(=O)O. The first-order chi connectivity index (χ1) is 9.54. The summed E-state index contributed by atoms with van der Waals surface area (Å²) in [7, 11) is 2.87. The fourth-order valence-corrected chi connectivity index (χ4v) is 1.69. The zero-order valence-corrected chi connectivity index (χ0v) is 11.4. The number of ether oxygens (including phenoxy) is 2. The van der Waals surface area contributed by atoms with Gasteiger partial charge >= 0.3 is 5.97 Å². The van der Waals surface area contributed by atoms with E-state index < -0.39 is 17.9 Å². The van der Waals surface area contributed by atoms with E-state index in [1.54, 1.807) is 12.1 Å². The summed E-state index contributed by atoms with van der Waals surface area (Å²) < 4.78 is 10.2. The highest BCUT2D eigenvalue weighted by Gasteiger charge is 2.22. The molecule has 0 bridgehead atoms. The van der Waals surface area contributed by atoms with Crippen molar-refractivity contribution in [3.05, 3.63) is 36.4 Å². The van der Waals surface area contributed by atoms with Crippen LogP contribution in [0, 0.1) is 0 Å². The van der Waals surface area contributed by atoms with Crippen molar-refractivity contribution in [1.29, 1.82) is 0 Å². The number of para-hydroxylation sites is 1. The molecule has 108 valence electrons. The van der Waals surface area contributed by atoms with Gasteiger partial charge in [0, 0.05) is 0 Å². The summed E-state index contributed by atoms with van der Waals surface area (Å²) in [4.78, 5) is 23.2. The molecule has 0 aromatic heterocycles. The Bertz CT molecular complexity index is 512. The van der Waals surface area contributed by atoms with Crippen molar-refractivity contribution in [2.45, 2.75) is 12.5 Å². The van der Waals surface area contributed by atoms with Crippen LogP contribution in [-0.4, -0.2) is 37.2 Å². The second-order valence-electron chi connectivity index (χ2n) is 3.93. The van der Waals surface area contributed by atoms with E-state index in [2.05, 4.69) is 11.9 Å². The number of benzene rings is 1. The molecule has 6 nitrogen and oxygen atoms in total. The second kappa shape index (κ2) is 7.18. The fourth-order valence-electron chi connectivity index (χ4n) is 1.69. The van der Waals surface area contributed by atoms with Crippen molar-refractivity contribution < 1.29 is 24.2 Å². The Morgan fingerprint density at radius 2 is 2.10 bits per heavy atom. The Kier molecular flexibility index (Phi) is 5.58. The van der Waals surface area contributed by atoms with Crippen LogP contribution in [0.15, 0.2) is 30.9 Å². The van der Waals surface area contributed by atoms with Crippen LogP contribution >= 0.6 is 0 Å². The van der Waals surface area contributed by atoms with Crippen LogP contribution in [0.25, 0.3) is 0 Å². The molecule has 1 aromatic carbocycles. The summed E-state index contributed by atoms with van der Waals surface area (Å²) in [6.07, 6.45) is 1.56. The molecule has 6 heteroatoms. The smallest absolute Gasteiger partial charge is 0.326 e. The first-order valence-electron chi connectivity index (χ1n) is 5.90. The monoisotopic (exact) mass is 279 g/mol. The predicted octanol–water partition coefficient (Wildman–Crippen LogP) is 1.46. The number of nitrogens with one attached hydrogen (secondary N) is 1. The van der Waals surface area contributed by atoms with Gasteiger partial charge in [0.15, 0.2) is 11.5 Å². The van der Waals surface area contributed by atoms with Gasteiger partial charge in [-0.05, 0) is 18.6 Å². The summed E-state index contributed by atoms with van der Waals surface area (Å²) in [5.74, 6) is -1.01. The maximum atomic E-state index is 12.1. The summed E-state index contributed by atoms with van der Waals surface area (Å²) in [5, 5.41) is 11.4. The van der Waals surface area contributed by atoms with Gasteiger partial charge in [-0.25, -0.2) is 4.79 Å². The molecule has 1 rings (SSSR count). The Labute approximate surface area is 117 Å². The molecule has 0 spiro atoms. The van der Waals surface area contributed by atoms with Crippen LogP contribution in [0.5, 0.6) is 11.5 Å². The molecule has 2 N–H and O–H groups in total. The summed E-state index contributed by atoms with van der Waals surface area (Å²) in [6.45, 7) is 3.46. The van der Waals surface area contributed by atoms with Gasteiger partial charge in [0.2, 0.25) is 0 Å². The van der Waals surface area contributed by atoms with E-state index in [4.69, 9.17) is 14.6 Å². The first kappa shape index (κ1) is 15.6. The number of aliphatic carboxylic acids is 1. The number of amides is 1. The molecule has 1 aromatic rings. The molecule has 20 heavy (non-hydrogen) atoms. The van der Waals surface area contributed by atoms with E-state index in [-0.39, 0.29) is 17.7 Å². The quantitative estimate of drug-likeness (QED) is 0.738. The predicted molar refractivity (Wildman–Crippen MR) is 73.3 cm³/mol. The fraction of sp³-hybridized carbons (Fsp3) is 0.286. The Morgan fingerprint density at radius 3 is 2.60 bits per heavy atom. The first-order valence-corrected chi connectivity index (χ1v) is 5.90. The Hall–Kier alpha value is -2.50. The lowest BCUT2D eigenvalue weighted by Gasteiger charge is -2.15. The normalized spacial score (nSPS) is 11.3. The Morgan fingerprint density at radius 1 is 1.40 bits per heavy atom. The van der Waals surface area contributed by atoms with E-state index in [0.29, 0.717) is 5.75 Å². The molecule has 0 saturated carbocycles. The maximum absolute atomic E-state index is 12.1. The zero-order chi connectivity index (χ0) is 15.1. The third-order valence-electron chi connectivity index (χ3n) is 2.65. The van der Waals surface area contributed by atoms with Crippen molar-refractivity contribution in [3.63, 3.8) is 0 Å². The van der Waals surface area contributed by atoms with Crippen molar-refractivity contribution in [2.75, 3.05) is 14.2 Å². The van der Waals surface area contributed by atoms with Gasteiger partial charge in [0.1, 0.15) is 6.04 Å². The topological polar surface area (TPSA) is 84.9 Å². The van der Waals surface area contributed by atoms with E-state index in [0.717, 1.165) is 0 Å². The van der Waals surface area contributed by atoms with Crippen LogP contribution < -0.4 is 14.8 Å². The molecule has 1 unspecified atom stereocenters. The molecule has 0 aliphatic rings. The Balaban J connectivity index is 3.02. The van der Waals surface area contributed by atoms with Gasteiger partial charge in [-0.15, -0.1) is 6.58 Å². The molecule has 0 saturated heterocycles. The highest BCUT2D eigenvalue weighted by atomic mass is 16.5. The molecule has 1 atom stereocenters. The van der Waals surface area contributed by atoms with Gasteiger partial charge < -0.3 is 19.9 Å². The largest absolute Gasteiger partial charge is 0.493 e.